The van der Waals surface area contributed by atoms with Crippen molar-refractivity contribution in [3.63, 3.8) is 0 Å². The fourth-order valence-corrected chi connectivity index (χ4v) is 2.60. The van der Waals surface area contributed by atoms with Crippen LogP contribution in [0.1, 0.15) is 11.1 Å². The SMILES string of the molecule is C=CC(=O)Nc1cnc2c(c1)c(C#Cc1ccc(N(C)C)cc1)cn2C. The summed E-state index contributed by atoms with van der Waals surface area (Å²) in [7, 11) is 5.94. The number of carbonyl (C=O) groups is 1. The van der Waals surface area contributed by atoms with Crippen LogP contribution in [0.25, 0.3) is 11.0 Å². The van der Waals surface area contributed by atoms with E-state index >= 15 is 0 Å². The number of nitrogens with one attached hydrogen (secondary N) is 1. The molecule has 2 aromatic heterocycles. The zero-order chi connectivity index (χ0) is 18.7. The highest BCUT2D eigenvalue weighted by Crippen LogP contribution is 2.22. The van der Waals surface area contributed by atoms with Crippen LogP contribution in [-0.4, -0.2) is 29.6 Å². The van der Waals surface area contributed by atoms with Crippen LogP contribution in [0.3, 0.4) is 0 Å². The molecule has 0 aliphatic heterocycles. The highest BCUT2D eigenvalue weighted by molar-refractivity contribution is 6.00. The van der Waals surface area contributed by atoms with E-state index in [0.717, 1.165) is 27.8 Å². The van der Waals surface area contributed by atoms with Crippen LogP contribution in [0, 0.1) is 11.8 Å². The predicted octanol–water partition coefficient (Wildman–Crippen LogP) is 3.16. The Labute approximate surface area is 153 Å². The summed E-state index contributed by atoms with van der Waals surface area (Å²) in [6.07, 6.45) is 4.80. The van der Waals surface area contributed by atoms with E-state index in [1.807, 2.05) is 67.1 Å². The lowest BCUT2D eigenvalue weighted by Crippen LogP contribution is -2.07. The zero-order valence-corrected chi connectivity index (χ0v) is 15.1. The monoisotopic (exact) mass is 344 g/mol. The Morgan fingerprint density at radius 2 is 2.00 bits per heavy atom. The molecule has 0 unspecified atom stereocenters. The highest BCUT2D eigenvalue weighted by atomic mass is 16.1. The number of nitrogens with zero attached hydrogens (tertiary/aromatic N) is 3. The van der Waals surface area contributed by atoms with Crippen LogP contribution in [0.5, 0.6) is 0 Å². The van der Waals surface area contributed by atoms with Crippen LogP contribution in [0.15, 0.2) is 55.4 Å². The predicted molar refractivity (Wildman–Crippen MR) is 106 cm³/mol. The Hall–Kier alpha value is -3.52. The second-order valence-corrected chi connectivity index (χ2v) is 6.13. The average Bonchev–Trinajstić information content (AvgIpc) is 2.95. The summed E-state index contributed by atoms with van der Waals surface area (Å²) < 4.78 is 1.92. The van der Waals surface area contributed by atoms with Gasteiger partial charge in [0.15, 0.2) is 0 Å². The van der Waals surface area contributed by atoms with Crippen molar-refractivity contribution < 1.29 is 4.79 Å². The van der Waals surface area contributed by atoms with Crippen molar-refractivity contribution in [3.05, 3.63) is 66.5 Å². The molecular formula is C21H20N4O. The molecule has 2 heterocycles. The molecule has 0 aliphatic rings. The summed E-state index contributed by atoms with van der Waals surface area (Å²) in [5.41, 5.74) is 4.37. The summed E-state index contributed by atoms with van der Waals surface area (Å²) in [6.45, 7) is 3.46. The quantitative estimate of drug-likeness (QED) is 0.586. The lowest BCUT2D eigenvalue weighted by atomic mass is 10.1. The van der Waals surface area contributed by atoms with Gasteiger partial charge in [-0.05, 0) is 36.4 Å². The number of pyridine rings is 1. The number of benzene rings is 1. The van der Waals surface area contributed by atoms with E-state index in [-0.39, 0.29) is 5.91 Å². The molecule has 3 rings (SSSR count). The minimum atomic E-state index is -0.268. The summed E-state index contributed by atoms with van der Waals surface area (Å²) in [5, 5.41) is 3.62. The van der Waals surface area contributed by atoms with Gasteiger partial charge in [0.25, 0.3) is 0 Å². The molecule has 0 atom stereocenters. The Balaban J connectivity index is 1.96. The van der Waals surface area contributed by atoms with E-state index in [4.69, 9.17) is 0 Å². The van der Waals surface area contributed by atoms with Gasteiger partial charge in [0.2, 0.25) is 5.91 Å². The molecule has 1 amide bonds. The van der Waals surface area contributed by atoms with Crippen LogP contribution in [-0.2, 0) is 11.8 Å². The molecule has 26 heavy (non-hydrogen) atoms. The molecule has 0 fully saturated rings. The van der Waals surface area contributed by atoms with Gasteiger partial charge in [-0.25, -0.2) is 4.98 Å². The fraction of sp³-hybridized carbons (Fsp3) is 0.143. The van der Waals surface area contributed by atoms with Crippen molar-refractivity contribution >= 4 is 28.3 Å². The topological polar surface area (TPSA) is 50.2 Å². The average molecular weight is 344 g/mol. The van der Waals surface area contributed by atoms with Crippen molar-refractivity contribution in [2.75, 3.05) is 24.3 Å². The minimum absolute atomic E-state index is 0.268. The molecule has 0 aliphatic carbocycles. The zero-order valence-electron chi connectivity index (χ0n) is 15.1. The molecule has 130 valence electrons. The van der Waals surface area contributed by atoms with Crippen LogP contribution in [0.4, 0.5) is 11.4 Å². The third kappa shape index (κ3) is 3.60. The number of rotatable bonds is 3. The van der Waals surface area contributed by atoms with Gasteiger partial charge in [0.1, 0.15) is 5.65 Å². The number of aryl methyl sites for hydroxylation is 1. The Kier molecular flexibility index (Phi) is 4.76. The second kappa shape index (κ2) is 7.16. The van der Waals surface area contributed by atoms with E-state index in [2.05, 4.69) is 28.7 Å². The molecule has 0 bridgehead atoms. The van der Waals surface area contributed by atoms with Gasteiger partial charge in [0, 0.05) is 44.0 Å². The van der Waals surface area contributed by atoms with E-state index < -0.39 is 0 Å². The Morgan fingerprint density at radius 3 is 2.65 bits per heavy atom. The second-order valence-electron chi connectivity index (χ2n) is 6.13. The first-order valence-corrected chi connectivity index (χ1v) is 8.16. The Morgan fingerprint density at radius 1 is 1.27 bits per heavy atom. The third-order valence-corrected chi connectivity index (χ3v) is 3.99. The molecule has 1 aromatic carbocycles. The molecule has 0 saturated heterocycles. The molecule has 5 heteroatoms. The van der Waals surface area contributed by atoms with E-state index in [9.17, 15) is 4.79 Å². The lowest BCUT2D eigenvalue weighted by Gasteiger charge is -2.11. The smallest absolute Gasteiger partial charge is 0.247 e. The first-order chi connectivity index (χ1) is 12.5. The first kappa shape index (κ1) is 17.3. The van der Waals surface area contributed by atoms with Gasteiger partial charge in [0.05, 0.1) is 17.4 Å². The fourth-order valence-electron chi connectivity index (χ4n) is 2.60. The van der Waals surface area contributed by atoms with Gasteiger partial charge in [-0.2, -0.15) is 0 Å². The number of carbonyl (C=O) groups excluding carboxylic acids is 1. The molecule has 0 spiro atoms. The summed E-state index contributed by atoms with van der Waals surface area (Å²) in [6, 6.07) is 9.96. The standard InChI is InChI=1S/C21H20N4O/c1-5-20(26)23-17-12-19-16(14-25(4)21(19)22-13-17)9-6-15-7-10-18(11-8-15)24(2)3/h5,7-8,10-14H,1H2,2-4H3,(H,23,26). The van der Waals surface area contributed by atoms with Crippen molar-refractivity contribution in [1.82, 2.24) is 9.55 Å². The van der Waals surface area contributed by atoms with Crippen LogP contribution in [0.2, 0.25) is 0 Å². The maximum absolute atomic E-state index is 11.5. The molecule has 1 N–H and O–H groups in total. The Bertz CT molecular complexity index is 1030. The number of anilines is 2. The largest absolute Gasteiger partial charge is 0.378 e. The number of aromatic nitrogens is 2. The van der Waals surface area contributed by atoms with E-state index in [1.54, 1.807) is 6.20 Å². The van der Waals surface area contributed by atoms with Gasteiger partial charge in [-0.1, -0.05) is 18.4 Å². The summed E-state index contributed by atoms with van der Waals surface area (Å²) >= 11 is 0. The molecule has 0 saturated carbocycles. The lowest BCUT2D eigenvalue weighted by molar-refractivity contribution is -0.111. The summed E-state index contributed by atoms with van der Waals surface area (Å²) in [5.74, 6) is 6.13. The minimum Gasteiger partial charge on any atom is -0.378 e. The normalized spacial score (nSPS) is 10.1. The number of hydrogen-bond donors (Lipinski definition) is 1. The van der Waals surface area contributed by atoms with E-state index in [0.29, 0.717) is 5.69 Å². The van der Waals surface area contributed by atoms with Crippen LogP contribution >= 0.6 is 0 Å². The van der Waals surface area contributed by atoms with Gasteiger partial charge in [-0.15, -0.1) is 0 Å². The third-order valence-electron chi connectivity index (χ3n) is 3.99. The van der Waals surface area contributed by atoms with Gasteiger partial charge < -0.3 is 14.8 Å². The van der Waals surface area contributed by atoms with E-state index in [1.165, 1.54) is 6.08 Å². The summed E-state index contributed by atoms with van der Waals surface area (Å²) in [4.78, 5) is 18.0. The van der Waals surface area contributed by atoms with Crippen molar-refractivity contribution in [2.45, 2.75) is 0 Å². The number of amides is 1. The maximum atomic E-state index is 11.5. The molecule has 5 nitrogen and oxygen atoms in total. The van der Waals surface area contributed by atoms with Gasteiger partial charge >= 0.3 is 0 Å². The number of hydrogen-bond acceptors (Lipinski definition) is 3. The molecular weight excluding hydrogens is 324 g/mol. The van der Waals surface area contributed by atoms with Crippen molar-refractivity contribution in [2.24, 2.45) is 7.05 Å². The number of fused-ring (bicyclic) bond motifs is 1. The molecule has 3 aromatic rings. The van der Waals surface area contributed by atoms with Gasteiger partial charge in [-0.3, -0.25) is 4.79 Å². The first-order valence-electron chi connectivity index (χ1n) is 8.16. The highest BCUT2D eigenvalue weighted by Gasteiger charge is 2.08. The van der Waals surface area contributed by atoms with Crippen LogP contribution < -0.4 is 10.2 Å². The van der Waals surface area contributed by atoms with Crippen molar-refractivity contribution in [3.8, 4) is 11.8 Å². The molecule has 0 radical (unpaired) electrons. The maximum Gasteiger partial charge on any atom is 0.247 e. The van der Waals surface area contributed by atoms with Crippen molar-refractivity contribution in [1.29, 1.82) is 0 Å².